The fourth-order valence-corrected chi connectivity index (χ4v) is 4.46. The third-order valence-electron chi connectivity index (χ3n) is 4.17. The van der Waals surface area contributed by atoms with Crippen LogP contribution in [0.2, 0.25) is 10.0 Å². The molecule has 30 heavy (non-hydrogen) atoms. The first-order valence-electron chi connectivity index (χ1n) is 8.80. The zero-order chi connectivity index (χ0) is 21.7. The molecule has 1 amide bonds. The van der Waals surface area contributed by atoms with Crippen LogP contribution in [0.25, 0.3) is 0 Å². The molecule has 0 bridgehead atoms. The lowest BCUT2D eigenvalue weighted by Crippen LogP contribution is -2.37. The summed E-state index contributed by atoms with van der Waals surface area (Å²) < 4.78 is 41.2. The molecule has 0 aliphatic carbocycles. The second-order valence-electron chi connectivity index (χ2n) is 6.38. The maximum atomic E-state index is 13.8. The number of hydrogen-bond acceptors (Lipinski definition) is 3. The van der Waals surface area contributed by atoms with Crippen molar-refractivity contribution in [2.75, 3.05) is 11.9 Å². The van der Waals surface area contributed by atoms with Crippen LogP contribution < -0.4 is 5.32 Å². The lowest BCUT2D eigenvalue weighted by molar-refractivity contribution is -0.116. The monoisotopic (exact) mass is 466 g/mol. The number of benzene rings is 3. The summed E-state index contributed by atoms with van der Waals surface area (Å²) in [6, 6.07) is 17.9. The van der Waals surface area contributed by atoms with Gasteiger partial charge in [-0.1, -0.05) is 47.5 Å². The molecule has 0 aliphatic heterocycles. The van der Waals surface area contributed by atoms with Crippen molar-refractivity contribution in [3.05, 3.63) is 94.2 Å². The zero-order valence-corrected chi connectivity index (χ0v) is 17.9. The Morgan fingerprint density at radius 3 is 2.30 bits per heavy atom. The highest BCUT2D eigenvalue weighted by atomic mass is 35.5. The molecule has 3 rings (SSSR count). The highest BCUT2D eigenvalue weighted by Gasteiger charge is 2.27. The molecule has 0 radical (unpaired) electrons. The number of halogens is 3. The van der Waals surface area contributed by atoms with Crippen LogP contribution in [0.5, 0.6) is 0 Å². The summed E-state index contributed by atoms with van der Waals surface area (Å²) >= 11 is 11.9. The largest absolute Gasteiger partial charge is 0.322 e. The molecule has 0 spiro atoms. The van der Waals surface area contributed by atoms with Crippen molar-refractivity contribution < 1.29 is 17.6 Å². The molecule has 156 valence electrons. The molecule has 0 fully saturated rings. The molecule has 0 saturated carbocycles. The predicted octanol–water partition coefficient (Wildman–Crippen LogP) is 4.96. The van der Waals surface area contributed by atoms with Crippen LogP contribution >= 0.6 is 23.2 Å². The van der Waals surface area contributed by atoms with Gasteiger partial charge in [0.25, 0.3) is 0 Å². The highest BCUT2D eigenvalue weighted by Crippen LogP contribution is 2.22. The number of carbonyl (C=O) groups excluding carboxylic acids is 1. The number of anilines is 1. The van der Waals surface area contributed by atoms with E-state index in [2.05, 4.69) is 5.32 Å². The summed E-state index contributed by atoms with van der Waals surface area (Å²) in [6.45, 7) is -0.623. The second kappa shape index (κ2) is 9.57. The van der Waals surface area contributed by atoms with E-state index in [0.717, 1.165) is 4.31 Å². The predicted molar refractivity (Wildman–Crippen MR) is 116 cm³/mol. The van der Waals surface area contributed by atoms with E-state index in [9.17, 15) is 17.6 Å². The minimum atomic E-state index is -4.05. The van der Waals surface area contributed by atoms with Crippen LogP contribution in [-0.4, -0.2) is 25.2 Å². The molecule has 0 heterocycles. The molecule has 3 aromatic carbocycles. The molecule has 0 atom stereocenters. The van der Waals surface area contributed by atoms with E-state index in [1.165, 1.54) is 42.5 Å². The lowest BCUT2D eigenvalue weighted by atomic mass is 10.2. The molecule has 1 N–H and O–H groups in total. The average Bonchev–Trinajstić information content (AvgIpc) is 2.69. The van der Waals surface area contributed by atoms with E-state index in [0.29, 0.717) is 15.6 Å². The Hall–Kier alpha value is -2.45. The first-order chi connectivity index (χ1) is 14.3. The van der Waals surface area contributed by atoms with Gasteiger partial charge in [-0.2, -0.15) is 4.31 Å². The summed E-state index contributed by atoms with van der Waals surface area (Å²) in [5.74, 6) is -1.30. The van der Waals surface area contributed by atoms with Crippen LogP contribution in [0.4, 0.5) is 10.1 Å². The molecular formula is C21H17Cl2FN2O3S. The number of hydrogen-bond donors (Lipinski definition) is 1. The Bertz CT molecular complexity index is 1150. The van der Waals surface area contributed by atoms with E-state index < -0.39 is 28.3 Å². The molecule has 5 nitrogen and oxygen atoms in total. The molecular weight excluding hydrogens is 450 g/mol. The SMILES string of the molecule is O=C(CN(Cc1cccc(Cl)c1)S(=O)(=O)c1ccc(Cl)cc1)Nc1ccccc1F. The molecule has 3 aromatic rings. The van der Waals surface area contributed by atoms with E-state index in [1.807, 2.05) is 0 Å². The second-order valence-corrected chi connectivity index (χ2v) is 9.20. The van der Waals surface area contributed by atoms with Gasteiger partial charge in [-0.3, -0.25) is 4.79 Å². The number of rotatable bonds is 7. The van der Waals surface area contributed by atoms with E-state index in [1.54, 1.807) is 30.3 Å². The minimum Gasteiger partial charge on any atom is -0.322 e. The molecule has 0 unspecified atom stereocenters. The van der Waals surface area contributed by atoms with Crippen molar-refractivity contribution in [1.82, 2.24) is 4.31 Å². The first-order valence-corrected chi connectivity index (χ1v) is 11.0. The van der Waals surface area contributed by atoms with Crippen LogP contribution in [0.1, 0.15) is 5.56 Å². The Balaban J connectivity index is 1.89. The van der Waals surface area contributed by atoms with E-state index in [-0.39, 0.29) is 17.1 Å². The normalized spacial score (nSPS) is 11.5. The van der Waals surface area contributed by atoms with Crippen molar-refractivity contribution in [1.29, 1.82) is 0 Å². The Kier molecular flexibility index (Phi) is 7.10. The van der Waals surface area contributed by atoms with Gasteiger partial charge < -0.3 is 5.32 Å². The first kappa shape index (κ1) is 22.2. The van der Waals surface area contributed by atoms with Crippen molar-refractivity contribution in [2.24, 2.45) is 0 Å². The maximum absolute atomic E-state index is 13.8. The lowest BCUT2D eigenvalue weighted by Gasteiger charge is -2.22. The number of sulfonamides is 1. The van der Waals surface area contributed by atoms with Crippen molar-refractivity contribution in [3.63, 3.8) is 0 Å². The van der Waals surface area contributed by atoms with Crippen LogP contribution in [-0.2, 0) is 21.4 Å². The number of nitrogens with one attached hydrogen (secondary N) is 1. The smallest absolute Gasteiger partial charge is 0.243 e. The van der Waals surface area contributed by atoms with Gasteiger partial charge in [0.1, 0.15) is 5.82 Å². The highest BCUT2D eigenvalue weighted by molar-refractivity contribution is 7.89. The van der Waals surface area contributed by atoms with Crippen LogP contribution in [0.15, 0.2) is 77.7 Å². The fraction of sp³-hybridized carbons (Fsp3) is 0.0952. The van der Waals surface area contributed by atoms with Gasteiger partial charge in [0.15, 0.2) is 0 Å². The summed E-state index contributed by atoms with van der Waals surface area (Å²) in [4.78, 5) is 12.5. The summed E-state index contributed by atoms with van der Waals surface area (Å²) in [5.41, 5.74) is 0.563. The van der Waals surface area contributed by atoms with Gasteiger partial charge in [-0.25, -0.2) is 12.8 Å². The quantitative estimate of drug-likeness (QED) is 0.534. The third kappa shape index (κ3) is 5.58. The molecule has 9 heteroatoms. The molecule has 0 aliphatic rings. The summed E-state index contributed by atoms with van der Waals surface area (Å²) in [6.07, 6.45) is 0. The molecule has 0 saturated heterocycles. The topological polar surface area (TPSA) is 66.5 Å². The van der Waals surface area contributed by atoms with Crippen molar-refractivity contribution in [2.45, 2.75) is 11.4 Å². The number of amides is 1. The number of para-hydroxylation sites is 1. The van der Waals surface area contributed by atoms with Gasteiger partial charge >= 0.3 is 0 Å². The van der Waals surface area contributed by atoms with Crippen LogP contribution in [0, 0.1) is 5.82 Å². The average molecular weight is 467 g/mol. The van der Waals surface area contributed by atoms with Crippen LogP contribution in [0.3, 0.4) is 0 Å². The van der Waals surface area contributed by atoms with Gasteiger partial charge in [-0.05, 0) is 54.1 Å². The van der Waals surface area contributed by atoms with Gasteiger partial charge in [0.05, 0.1) is 17.1 Å². The summed E-state index contributed by atoms with van der Waals surface area (Å²) in [5, 5.41) is 3.22. The fourth-order valence-electron chi connectivity index (χ4n) is 2.73. The standard InChI is InChI=1S/C21H17Cl2FN2O3S/c22-16-8-10-18(11-9-16)30(28,29)26(13-15-4-3-5-17(23)12-15)14-21(27)25-20-7-2-1-6-19(20)24/h1-12H,13-14H2,(H,25,27). The zero-order valence-electron chi connectivity index (χ0n) is 15.6. The number of nitrogens with zero attached hydrogens (tertiary/aromatic N) is 1. The summed E-state index contributed by atoms with van der Waals surface area (Å²) in [7, 11) is -4.05. The van der Waals surface area contributed by atoms with Gasteiger partial charge in [0.2, 0.25) is 15.9 Å². The Morgan fingerprint density at radius 2 is 1.63 bits per heavy atom. The van der Waals surface area contributed by atoms with E-state index >= 15 is 0 Å². The third-order valence-corrected chi connectivity index (χ3v) is 6.46. The number of carbonyl (C=O) groups is 1. The minimum absolute atomic E-state index is 0.0207. The Morgan fingerprint density at radius 1 is 0.933 bits per heavy atom. The van der Waals surface area contributed by atoms with Crippen molar-refractivity contribution in [3.8, 4) is 0 Å². The molecule has 0 aromatic heterocycles. The van der Waals surface area contributed by atoms with Gasteiger partial charge in [-0.15, -0.1) is 0 Å². The van der Waals surface area contributed by atoms with E-state index in [4.69, 9.17) is 23.2 Å². The maximum Gasteiger partial charge on any atom is 0.243 e. The van der Waals surface area contributed by atoms with Gasteiger partial charge in [0, 0.05) is 16.6 Å². The Labute approximate surface area is 184 Å². The van der Waals surface area contributed by atoms with Crippen molar-refractivity contribution >= 4 is 44.8 Å².